The Labute approximate surface area is 115 Å². The fourth-order valence-corrected chi connectivity index (χ4v) is 1.87. The number of hydrogen-bond acceptors (Lipinski definition) is 2. The summed E-state index contributed by atoms with van der Waals surface area (Å²) < 4.78 is 5.42. The Balaban J connectivity index is 2.50. The molecule has 0 saturated carbocycles. The molecular formula is C14H22N2OS. The molecule has 0 aliphatic carbocycles. The maximum Gasteiger partial charge on any atom is 0.166 e. The van der Waals surface area contributed by atoms with Crippen molar-refractivity contribution in [3.8, 4) is 5.75 Å². The molecule has 2 N–H and O–H groups in total. The van der Waals surface area contributed by atoms with Crippen LogP contribution in [0.2, 0.25) is 0 Å². The molecule has 1 aromatic carbocycles. The average Bonchev–Trinajstić information content (AvgIpc) is 2.37. The van der Waals surface area contributed by atoms with Crippen LogP contribution in [0.15, 0.2) is 24.3 Å². The van der Waals surface area contributed by atoms with Crippen molar-refractivity contribution in [2.24, 2.45) is 0 Å². The third-order valence-corrected chi connectivity index (χ3v) is 2.84. The van der Waals surface area contributed by atoms with Crippen molar-refractivity contribution in [2.45, 2.75) is 33.2 Å². The van der Waals surface area contributed by atoms with Crippen LogP contribution in [0.1, 0.15) is 38.8 Å². The molecule has 0 spiro atoms. The van der Waals surface area contributed by atoms with Gasteiger partial charge in [-0.05, 0) is 50.2 Å². The summed E-state index contributed by atoms with van der Waals surface area (Å²) in [6.07, 6.45) is 1.07. The summed E-state index contributed by atoms with van der Waals surface area (Å²) >= 11 is 5.22. The molecule has 0 bridgehead atoms. The first-order valence-electron chi connectivity index (χ1n) is 6.44. The van der Waals surface area contributed by atoms with E-state index < -0.39 is 0 Å². The highest BCUT2D eigenvalue weighted by molar-refractivity contribution is 7.80. The molecule has 1 atom stereocenters. The van der Waals surface area contributed by atoms with E-state index in [2.05, 4.69) is 36.6 Å². The fourth-order valence-electron chi connectivity index (χ4n) is 1.59. The molecule has 0 heterocycles. The first kappa shape index (κ1) is 14.8. The molecule has 1 rings (SSSR count). The monoisotopic (exact) mass is 266 g/mol. The van der Waals surface area contributed by atoms with Gasteiger partial charge in [0.2, 0.25) is 0 Å². The smallest absolute Gasteiger partial charge is 0.166 e. The van der Waals surface area contributed by atoms with E-state index in [1.807, 2.05) is 19.1 Å². The minimum Gasteiger partial charge on any atom is -0.494 e. The van der Waals surface area contributed by atoms with Crippen LogP contribution in [0, 0.1) is 0 Å². The largest absolute Gasteiger partial charge is 0.494 e. The minimum absolute atomic E-state index is 0.192. The van der Waals surface area contributed by atoms with Gasteiger partial charge < -0.3 is 15.4 Å². The lowest BCUT2D eigenvalue weighted by atomic mass is 10.1. The SMILES string of the molecule is CCCNC(=S)NC(C)c1ccc(OCC)cc1. The van der Waals surface area contributed by atoms with Gasteiger partial charge in [0.25, 0.3) is 0 Å². The van der Waals surface area contributed by atoms with E-state index in [4.69, 9.17) is 17.0 Å². The van der Waals surface area contributed by atoms with Gasteiger partial charge in [0, 0.05) is 6.54 Å². The molecule has 0 saturated heterocycles. The van der Waals surface area contributed by atoms with Gasteiger partial charge in [-0.2, -0.15) is 0 Å². The van der Waals surface area contributed by atoms with Crippen molar-refractivity contribution in [2.75, 3.05) is 13.2 Å². The zero-order chi connectivity index (χ0) is 13.4. The molecule has 0 fully saturated rings. The summed E-state index contributed by atoms with van der Waals surface area (Å²) in [7, 11) is 0. The molecule has 1 unspecified atom stereocenters. The van der Waals surface area contributed by atoms with Crippen molar-refractivity contribution in [1.82, 2.24) is 10.6 Å². The average molecular weight is 266 g/mol. The van der Waals surface area contributed by atoms with Crippen LogP contribution in [0.5, 0.6) is 5.75 Å². The van der Waals surface area contributed by atoms with E-state index in [0.29, 0.717) is 11.7 Å². The van der Waals surface area contributed by atoms with E-state index >= 15 is 0 Å². The molecular weight excluding hydrogens is 244 g/mol. The molecule has 100 valence electrons. The second kappa shape index (κ2) is 7.93. The van der Waals surface area contributed by atoms with Gasteiger partial charge in [0.15, 0.2) is 5.11 Å². The van der Waals surface area contributed by atoms with Gasteiger partial charge >= 0.3 is 0 Å². The van der Waals surface area contributed by atoms with Gasteiger partial charge in [-0.3, -0.25) is 0 Å². The number of thiocarbonyl (C=S) groups is 1. The number of nitrogens with one attached hydrogen (secondary N) is 2. The quantitative estimate of drug-likeness (QED) is 0.776. The topological polar surface area (TPSA) is 33.3 Å². The van der Waals surface area contributed by atoms with Crippen molar-refractivity contribution < 1.29 is 4.74 Å². The Morgan fingerprint density at radius 3 is 2.50 bits per heavy atom. The first-order chi connectivity index (χ1) is 8.67. The third kappa shape index (κ3) is 4.92. The predicted octanol–water partition coefficient (Wildman–Crippen LogP) is 3.02. The van der Waals surface area contributed by atoms with Gasteiger partial charge in [-0.25, -0.2) is 0 Å². The van der Waals surface area contributed by atoms with E-state index in [9.17, 15) is 0 Å². The van der Waals surface area contributed by atoms with Crippen molar-refractivity contribution in [3.05, 3.63) is 29.8 Å². The highest BCUT2D eigenvalue weighted by atomic mass is 32.1. The van der Waals surface area contributed by atoms with Gasteiger partial charge in [0.1, 0.15) is 5.75 Å². The highest BCUT2D eigenvalue weighted by Crippen LogP contribution is 2.17. The second-order valence-corrected chi connectivity index (χ2v) is 4.53. The maximum atomic E-state index is 5.42. The van der Waals surface area contributed by atoms with Crippen LogP contribution in [0.25, 0.3) is 0 Å². The van der Waals surface area contributed by atoms with E-state index in [-0.39, 0.29) is 6.04 Å². The maximum absolute atomic E-state index is 5.42. The van der Waals surface area contributed by atoms with Crippen molar-refractivity contribution in [1.29, 1.82) is 0 Å². The van der Waals surface area contributed by atoms with Crippen LogP contribution in [-0.4, -0.2) is 18.3 Å². The lowest BCUT2D eigenvalue weighted by Crippen LogP contribution is -2.37. The lowest BCUT2D eigenvalue weighted by molar-refractivity contribution is 0.340. The number of rotatable bonds is 6. The van der Waals surface area contributed by atoms with Crippen LogP contribution >= 0.6 is 12.2 Å². The van der Waals surface area contributed by atoms with Gasteiger partial charge in [-0.15, -0.1) is 0 Å². The normalized spacial score (nSPS) is 11.7. The summed E-state index contributed by atoms with van der Waals surface area (Å²) in [5.41, 5.74) is 1.19. The van der Waals surface area contributed by atoms with Gasteiger partial charge in [0.05, 0.1) is 12.6 Å². The molecule has 0 amide bonds. The standard InChI is InChI=1S/C14H22N2OS/c1-4-10-15-14(18)16-11(3)12-6-8-13(9-7-12)17-5-2/h6-9,11H,4-5,10H2,1-3H3,(H2,15,16,18). The number of benzene rings is 1. The summed E-state index contributed by atoms with van der Waals surface area (Å²) in [5, 5.41) is 7.13. The van der Waals surface area contributed by atoms with E-state index in [0.717, 1.165) is 18.7 Å². The van der Waals surface area contributed by atoms with Crippen molar-refractivity contribution in [3.63, 3.8) is 0 Å². The van der Waals surface area contributed by atoms with E-state index in [1.54, 1.807) is 0 Å². The van der Waals surface area contributed by atoms with Crippen LogP contribution in [0.4, 0.5) is 0 Å². The van der Waals surface area contributed by atoms with Crippen LogP contribution in [-0.2, 0) is 0 Å². The minimum atomic E-state index is 0.192. The summed E-state index contributed by atoms with van der Waals surface area (Å²) in [5.74, 6) is 0.903. The highest BCUT2D eigenvalue weighted by Gasteiger charge is 2.06. The third-order valence-electron chi connectivity index (χ3n) is 2.57. The molecule has 1 aromatic rings. The Hall–Kier alpha value is -1.29. The first-order valence-corrected chi connectivity index (χ1v) is 6.85. The Morgan fingerprint density at radius 1 is 1.28 bits per heavy atom. The molecule has 18 heavy (non-hydrogen) atoms. The van der Waals surface area contributed by atoms with Gasteiger partial charge in [-0.1, -0.05) is 19.1 Å². The molecule has 0 aliphatic heterocycles. The zero-order valence-electron chi connectivity index (χ0n) is 11.3. The fraction of sp³-hybridized carbons (Fsp3) is 0.500. The molecule has 3 nitrogen and oxygen atoms in total. The number of ether oxygens (including phenoxy) is 1. The molecule has 0 aromatic heterocycles. The summed E-state index contributed by atoms with van der Waals surface area (Å²) in [6, 6.07) is 8.28. The zero-order valence-corrected chi connectivity index (χ0v) is 12.1. The van der Waals surface area contributed by atoms with E-state index in [1.165, 1.54) is 5.56 Å². The molecule has 0 aliphatic rings. The predicted molar refractivity (Wildman–Crippen MR) is 80.1 cm³/mol. The second-order valence-electron chi connectivity index (χ2n) is 4.12. The molecule has 4 heteroatoms. The summed E-state index contributed by atoms with van der Waals surface area (Å²) in [6.45, 7) is 7.79. The van der Waals surface area contributed by atoms with Crippen LogP contribution < -0.4 is 15.4 Å². The Morgan fingerprint density at radius 2 is 1.94 bits per heavy atom. The lowest BCUT2D eigenvalue weighted by Gasteiger charge is -2.17. The summed E-state index contributed by atoms with van der Waals surface area (Å²) in [4.78, 5) is 0. The molecule has 0 radical (unpaired) electrons. The Bertz CT molecular complexity index is 365. The van der Waals surface area contributed by atoms with Crippen LogP contribution in [0.3, 0.4) is 0 Å². The number of hydrogen-bond donors (Lipinski definition) is 2. The van der Waals surface area contributed by atoms with Crippen molar-refractivity contribution >= 4 is 17.3 Å². The Kier molecular flexibility index (Phi) is 6.50.